The van der Waals surface area contributed by atoms with E-state index in [1.54, 1.807) is 11.0 Å². The monoisotopic (exact) mass is 504 g/mol. The molecule has 10 heteroatoms. The van der Waals surface area contributed by atoms with Crippen LogP contribution in [0.4, 0.5) is 4.79 Å². The third-order valence-corrected chi connectivity index (χ3v) is 9.05. The molecule has 1 aromatic carbocycles. The highest BCUT2D eigenvalue weighted by molar-refractivity contribution is 7.91. The van der Waals surface area contributed by atoms with Crippen molar-refractivity contribution in [3.8, 4) is 0 Å². The number of nitrogens with one attached hydrogen (secondary N) is 1. The zero-order valence-electron chi connectivity index (χ0n) is 19.3. The van der Waals surface area contributed by atoms with Crippen LogP contribution < -0.4 is 4.72 Å². The summed E-state index contributed by atoms with van der Waals surface area (Å²) in [4.78, 5) is 26.7. The molecule has 0 spiro atoms. The van der Waals surface area contributed by atoms with Gasteiger partial charge in [0.2, 0.25) is 0 Å². The Morgan fingerprint density at radius 3 is 2.47 bits per heavy atom. The fraction of sp³-hybridized carbons (Fsp3) is 0.417. The predicted octanol–water partition coefficient (Wildman–Crippen LogP) is 4.06. The zero-order chi connectivity index (χ0) is 24.7. The molecule has 0 radical (unpaired) electrons. The maximum absolute atomic E-state index is 13.1. The first-order valence-electron chi connectivity index (χ1n) is 11.0. The lowest BCUT2D eigenvalue weighted by Gasteiger charge is -2.29. The van der Waals surface area contributed by atoms with Gasteiger partial charge in [0.15, 0.2) is 0 Å². The van der Waals surface area contributed by atoms with Crippen molar-refractivity contribution in [1.29, 1.82) is 0 Å². The van der Waals surface area contributed by atoms with E-state index >= 15 is 0 Å². The summed E-state index contributed by atoms with van der Waals surface area (Å²) >= 11 is 1.10. The maximum atomic E-state index is 13.1. The molecule has 8 nitrogen and oxygen atoms in total. The summed E-state index contributed by atoms with van der Waals surface area (Å²) in [5, 5.41) is 9.82. The number of amides is 1. The van der Waals surface area contributed by atoms with Crippen LogP contribution in [0.25, 0.3) is 5.57 Å². The van der Waals surface area contributed by atoms with Gasteiger partial charge in [-0.1, -0.05) is 36.4 Å². The second-order valence-electron chi connectivity index (χ2n) is 9.57. The van der Waals surface area contributed by atoms with Crippen LogP contribution in [-0.2, 0) is 19.6 Å². The zero-order valence-corrected chi connectivity index (χ0v) is 20.9. The molecule has 0 saturated heterocycles. The van der Waals surface area contributed by atoms with Crippen molar-refractivity contribution in [1.82, 2.24) is 9.62 Å². The number of thiophene rings is 1. The molecule has 4 rings (SSSR count). The van der Waals surface area contributed by atoms with Crippen molar-refractivity contribution >= 4 is 39.0 Å². The molecule has 2 aliphatic rings. The van der Waals surface area contributed by atoms with Crippen LogP contribution in [-0.4, -0.2) is 54.7 Å². The van der Waals surface area contributed by atoms with Crippen LogP contribution in [0, 0.1) is 0 Å². The highest BCUT2D eigenvalue weighted by Gasteiger charge is 2.63. The number of sulfonamides is 1. The topological polar surface area (TPSA) is 113 Å². The Kier molecular flexibility index (Phi) is 6.34. The standard InChI is InChI=1S/C24H28N2O6S2/c1-23(2,3)32-22(29)26-13-11-17(12-14-26)19-9-10-20(33-19)34(30,31)25-24(21(27)28)15-18(24)16-7-5-4-6-8-16/h4-11,18,25H,12-15H2,1-3H3,(H,27,28)/t18-,24-/m1/s1. The summed E-state index contributed by atoms with van der Waals surface area (Å²) in [5.74, 6) is -1.60. The molecule has 2 heterocycles. The van der Waals surface area contributed by atoms with Gasteiger partial charge in [0.25, 0.3) is 10.0 Å². The second kappa shape index (κ2) is 8.83. The highest BCUT2D eigenvalue weighted by atomic mass is 32.2. The number of ether oxygens (including phenoxy) is 1. The van der Waals surface area contributed by atoms with E-state index in [0.29, 0.717) is 19.5 Å². The molecule has 2 aromatic rings. The van der Waals surface area contributed by atoms with Crippen molar-refractivity contribution in [2.45, 2.75) is 54.9 Å². The Hall–Kier alpha value is -2.69. The van der Waals surface area contributed by atoms with E-state index in [1.807, 2.05) is 57.2 Å². The normalized spacial score (nSPS) is 22.7. The second-order valence-corrected chi connectivity index (χ2v) is 12.6. The van der Waals surface area contributed by atoms with Gasteiger partial charge in [-0.05, 0) is 56.9 Å². The van der Waals surface area contributed by atoms with Gasteiger partial charge in [-0.15, -0.1) is 11.3 Å². The van der Waals surface area contributed by atoms with Gasteiger partial charge in [-0.25, -0.2) is 13.2 Å². The molecule has 1 aliphatic carbocycles. The number of aliphatic carboxylic acids is 1. The fourth-order valence-corrected chi connectivity index (χ4v) is 6.83. The SMILES string of the molecule is CC(C)(C)OC(=O)N1CC=C(c2ccc(S(=O)(=O)N[C@]3(C(=O)O)C[C@@H]3c3ccccc3)s2)CC1. The van der Waals surface area contributed by atoms with Crippen LogP contribution in [0.2, 0.25) is 0 Å². The van der Waals surface area contributed by atoms with Crippen molar-refractivity contribution in [2.75, 3.05) is 13.1 Å². The van der Waals surface area contributed by atoms with E-state index in [1.165, 1.54) is 6.07 Å². The Morgan fingerprint density at radius 2 is 1.88 bits per heavy atom. The number of nitrogens with zero attached hydrogens (tertiary/aromatic N) is 1. The van der Waals surface area contributed by atoms with Crippen LogP contribution in [0.15, 0.2) is 52.7 Å². The van der Waals surface area contributed by atoms with E-state index in [9.17, 15) is 23.1 Å². The van der Waals surface area contributed by atoms with Crippen LogP contribution in [0.3, 0.4) is 0 Å². The third-order valence-electron chi connectivity index (χ3n) is 5.88. The number of hydrogen-bond donors (Lipinski definition) is 2. The molecule has 182 valence electrons. The smallest absolute Gasteiger partial charge is 0.410 e. The number of hydrogen-bond acceptors (Lipinski definition) is 6. The molecular formula is C24H28N2O6S2. The molecule has 34 heavy (non-hydrogen) atoms. The van der Waals surface area contributed by atoms with Gasteiger partial charge in [-0.2, -0.15) is 4.72 Å². The van der Waals surface area contributed by atoms with Gasteiger partial charge >= 0.3 is 12.1 Å². The van der Waals surface area contributed by atoms with Gasteiger partial charge in [0.1, 0.15) is 15.3 Å². The Balaban J connectivity index is 1.46. The fourth-order valence-electron chi connectivity index (χ4n) is 4.06. The average Bonchev–Trinajstić information content (AvgIpc) is 3.26. The number of carbonyl (C=O) groups excluding carboxylic acids is 1. The Bertz CT molecular complexity index is 1230. The van der Waals surface area contributed by atoms with Gasteiger partial charge < -0.3 is 14.7 Å². The minimum absolute atomic E-state index is 0.0670. The van der Waals surface area contributed by atoms with Crippen LogP contribution >= 0.6 is 11.3 Å². The molecule has 1 aromatic heterocycles. The van der Waals surface area contributed by atoms with Crippen molar-refractivity contribution in [3.05, 3.63) is 59.0 Å². The van der Waals surface area contributed by atoms with E-state index in [0.717, 1.165) is 27.4 Å². The molecule has 2 N–H and O–H groups in total. The molecule has 1 saturated carbocycles. The summed E-state index contributed by atoms with van der Waals surface area (Å²) in [7, 11) is -4.03. The summed E-state index contributed by atoms with van der Waals surface area (Å²) in [6.07, 6.45) is 2.30. The first-order chi connectivity index (χ1) is 15.9. The Morgan fingerprint density at radius 1 is 1.18 bits per heavy atom. The lowest BCUT2D eigenvalue weighted by molar-refractivity contribution is -0.140. The van der Waals surface area contributed by atoms with Crippen LogP contribution in [0.1, 0.15) is 50.0 Å². The summed E-state index contributed by atoms with van der Waals surface area (Å²) in [6, 6.07) is 12.3. The lowest BCUT2D eigenvalue weighted by atomic mass is 10.1. The minimum Gasteiger partial charge on any atom is -0.480 e. The predicted molar refractivity (Wildman–Crippen MR) is 129 cm³/mol. The summed E-state index contributed by atoms with van der Waals surface area (Å²) in [5.41, 5.74) is -0.365. The van der Waals surface area contributed by atoms with Crippen molar-refractivity contribution in [3.63, 3.8) is 0 Å². The van der Waals surface area contributed by atoms with E-state index in [-0.39, 0.29) is 16.7 Å². The molecule has 1 aliphatic heterocycles. The van der Waals surface area contributed by atoms with Gasteiger partial charge in [0, 0.05) is 23.9 Å². The van der Waals surface area contributed by atoms with E-state index in [2.05, 4.69) is 4.72 Å². The molecule has 2 atom stereocenters. The number of rotatable bonds is 6. The minimum atomic E-state index is -4.03. The largest absolute Gasteiger partial charge is 0.480 e. The molecule has 1 fully saturated rings. The van der Waals surface area contributed by atoms with E-state index in [4.69, 9.17) is 4.74 Å². The Labute approximate surface area is 203 Å². The summed E-state index contributed by atoms with van der Waals surface area (Å²) in [6.45, 7) is 6.30. The summed E-state index contributed by atoms with van der Waals surface area (Å²) < 4.78 is 34.1. The number of benzene rings is 1. The maximum Gasteiger partial charge on any atom is 0.410 e. The number of carboxylic acid groups (broad SMARTS) is 1. The average molecular weight is 505 g/mol. The van der Waals surface area contributed by atoms with E-state index < -0.39 is 33.1 Å². The highest BCUT2D eigenvalue weighted by Crippen LogP contribution is 2.52. The lowest BCUT2D eigenvalue weighted by Crippen LogP contribution is -2.44. The van der Waals surface area contributed by atoms with Crippen LogP contribution in [0.5, 0.6) is 0 Å². The first-order valence-corrected chi connectivity index (χ1v) is 13.3. The molecule has 0 unspecified atom stereocenters. The van der Waals surface area contributed by atoms with Gasteiger partial charge in [0.05, 0.1) is 0 Å². The van der Waals surface area contributed by atoms with Gasteiger partial charge in [-0.3, -0.25) is 4.79 Å². The van der Waals surface area contributed by atoms with Crippen molar-refractivity contribution in [2.24, 2.45) is 0 Å². The molecule has 0 bridgehead atoms. The van der Waals surface area contributed by atoms with Crippen molar-refractivity contribution < 1.29 is 27.9 Å². The quantitative estimate of drug-likeness (QED) is 0.613. The first kappa shape index (κ1) is 24.4. The molecule has 1 amide bonds. The number of carboxylic acids is 1. The molecular weight excluding hydrogens is 476 g/mol. The number of carbonyl (C=O) groups is 2. The third kappa shape index (κ3) is 5.03.